The van der Waals surface area contributed by atoms with Crippen molar-refractivity contribution in [2.45, 2.75) is 6.92 Å². The lowest BCUT2D eigenvalue weighted by Gasteiger charge is -2.12. The molecule has 0 radical (unpaired) electrons. The van der Waals surface area contributed by atoms with Crippen LogP contribution < -0.4 is 5.43 Å². The van der Waals surface area contributed by atoms with Gasteiger partial charge in [-0.15, -0.1) is 10.2 Å². The molecule has 3 aromatic carbocycles. The number of nitrogens with one attached hydrogen (secondary N) is 1. The highest BCUT2D eigenvalue weighted by Gasteiger charge is 2.31. The summed E-state index contributed by atoms with van der Waals surface area (Å²) in [5, 5.41) is 12.7. The number of hydrogen-bond acceptors (Lipinski definition) is 5. The van der Waals surface area contributed by atoms with Gasteiger partial charge in [0.15, 0.2) is 0 Å². The smallest absolute Gasteiger partial charge is 0.276 e. The van der Waals surface area contributed by atoms with Crippen molar-refractivity contribution in [3.8, 4) is 0 Å². The van der Waals surface area contributed by atoms with E-state index in [-0.39, 0.29) is 11.0 Å². The second-order valence-corrected chi connectivity index (χ2v) is 7.37. The Bertz CT molecular complexity index is 1270. The number of para-hydroxylation sites is 1. The summed E-state index contributed by atoms with van der Waals surface area (Å²) < 4.78 is 0. The van der Waals surface area contributed by atoms with Gasteiger partial charge in [0.25, 0.3) is 5.91 Å². The fourth-order valence-electron chi connectivity index (χ4n) is 3.06. The Morgan fingerprint density at radius 2 is 1.52 bits per heavy atom. The first kappa shape index (κ1) is 21.9. The second-order valence-electron chi connectivity index (χ2n) is 7.00. The average Bonchev–Trinajstić information content (AvgIpc) is 3.13. The van der Waals surface area contributed by atoms with E-state index in [0.717, 1.165) is 16.8 Å². The van der Waals surface area contributed by atoms with E-state index in [0.29, 0.717) is 17.4 Å². The van der Waals surface area contributed by atoms with E-state index in [1.54, 1.807) is 13.0 Å². The average molecular weight is 453 g/mol. The molecule has 0 atom stereocenters. The van der Waals surface area contributed by atoms with Crippen molar-refractivity contribution in [1.29, 1.82) is 0 Å². The summed E-state index contributed by atoms with van der Waals surface area (Å²) >= 11 is 5.39. The molecule has 0 fully saturated rings. The van der Waals surface area contributed by atoms with Crippen LogP contribution in [-0.2, 0) is 4.79 Å². The monoisotopic (exact) mass is 452 g/mol. The third-order valence-corrected chi connectivity index (χ3v) is 4.91. The zero-order chi connectivity index (χ0) is 23.0. The topological polar surface area (TPSA) is 81.8 Å². The van der Waals surface area contributed by atoms with Crippen LogP contribution >= 0.6 is 12.2 Å². The molecule has 1 aliphatic rings. The van der Waals surface area contributed by atoms with Crippen molar-refractivity contribution in [3.63, 3.8) is 0 Å². The molecule has 162 valence electrons. The molecule has 4 rings (SSSR count). The van der Waals surface area contributed by atoms with Crippen molar-refractivity contribution in [2.24, 2.45) is 20.3 Å². The Kier molecular flexibility index (Phi) is 6.87. The van der Waals surface area contributed by atoms with E-state index < -0.39 is 0 Å². The van der Waals surface area contributed by atoms with E-state index in [1.807, 2.05) is 91.0 Å². The molecule has 0 saturated heterocycles. The standard InChI is InChI=1S/C25H20N6OS/c1-18-26-22(17-19-11-5-2-6-12-19)24(32)31(18)25(33)30-29-23(20-13-7-3-8-14-20)28-27-21-15-9-4-10-16-21/h2-17,27H,1H3/b22-17-,28-23+,30-29?. The van der Waals surface area contributed by atoms with Crippen molar-refractivity contribution >= 4 is 46.7 Å². The van der Waals surface area contributed by atoms with Crippen LogP contribution in [0.4, 0.5) is 5.69 Å². The van der Waals surface area contributed by atoms with Gasteiger partial charge in [0.1, 0.15) is 11.5 Å². The van der Waals surface area contributed by atoms with Crippen molar-refractivity contribution < 1.29 is 4.79 Å². The van der Waals surface area contributed by atoms with Crippen LogP contribution in [0.3, 0.4) is 0 Å². The van der Waals surface area contributed by atoms with Crippen LogP contribution in [0.15, 0.2) is 117 Å². The van der Waals surface area contributed by atoms with Crippen LogP contribution in [0, 0.1) is 0 Å². The Hall–Kier alpha value is -4.30. The first-order valence-electron chi connectivity index (χ1n) is 10.2. The lowest BCUT2D eigenvalue weighted by atomic mass is 10.2. The molecule has 0 saturated carbocycles. The van der Waals surface area contributed by atoms with E-state index in [2.05, 4.69) is 25.7 Å². The van der Waals surface area contributed by atoms with Gasteiger partial charge in [-0.1, -0.05) is 78.9 Å². The number of hydrogen-bond donors (Lipinski definition) is 1. The predicted molar refractivity (Wildman–Crippen MR) is 135 cm³/mol. The maximum Gasteiger partial charge on any atom is 0.284 e. The van der Waals surface area contributed by atoms with Crippen molar-refractivity contribution in [2.75, 3.05) is 5.43 Å². The number of amides is 1. The van der Waals surface area contributed by atoms with Crippen LogP contribution in [-0.4, -0.2) is 27.6 Å². The molecule has 0 spiro atoms. The fraction of sp³-hybridized carbons (Fsp3) is 0.0400. The summed E-state index contributed by atoms with van der Waals surface area (Å²) in [5.74, 6) is 0.413. The Morgan fingerprint density at radius 3 is 2.18 bits per heavy atom. The second kappa shape index (κ2) is 10.3. The maximum atomic E-state index is 12.9. The zero-order valence-corrected chi connectivity index (χ0v) is 18.6. The molecule has 3 aromatic rings. The molecular formula is C25H20N6OS. The molecule has 1 N–H and O–H groups in total. The normalized spacial score (nSPS) is 15.2. The Morgan fingerprint density at radius 1 is 0.909 bits per heavy atom. The number of thiocarbonyl (C=S) groups is 1. The summed E-state index contributed by atoms with van der Waals surface area (Å²) in [6, 6.07) is 28.4. The van der Waals surface area contributed by atoms with Gasteiger partial charge in [0.05, 0.1) is 5.69 Å². The minimum atomic E-state index is -0.346. The van der Waals surface area contributed by atoms with Gasteiger partial charge >= 0.3 is 0 Å². The number of hydrazone groups is 1. The van der Waals surface area contributed by atoms with Gasteiger partial charge in [-0.25, -0.2) is 9.89 Å². The molecular weight excluding hydrogens is 432 g/mol. The molecule has 8 heteroatoms. The highest BCUT2D eigenvalue weighted by Crippen LogP contribution is 2.19. The summed E-state index contributed by atoms with van der Waals surface area (Å²) in [7, 11) is 0. The molecule has 7 nitrogen and oxygen atoms in total. The van der Waals surface area contributed by atoms with Gasteiger partial charge in [0, 0.05) is 5.56 Å². The molecule has 0 aromatic heterocycles. The minimum absolute atomic E-state index is 0.0129. The largest absolute Gasteiger partial charge is 0.284 e. The van der Waals surface area contributed by atoms with Gasteiger partial charge in [0.2, 0.25) is 10.9 Å². The molecule has 1 heterocycles. The quantitative estimate of drug-likeness (QED) is 0.142. The predicted octanol–water partition coefficient (Wildman–Crippen LogP) is 5.50. The highest BCUT2D eigenvalue weighted by molar-refractivity contribution is 7.80. The maximum absolute atomic E-state index is 12.9. The van der Waals surface area contributed by atoms with Crippen LogP contribution in [0.5, 0.6) is 0 Å². The third kappa shape index (κ3) is 5.50. The first-order chi connectivity index (χ1) is 16.1. The number of aliphatic imine (C=N–C) groups is 1. The SMILES string of the molecule is CC1=N/C(=C\c2ccccc2)C(=O)N1C(=S)N=N/C(=N/Nc1ccccc1)c1ccccc1. The van der Waals surface area contributed by atoms with Gasteiger partial charge in [-0.3, -0.25) is 10.2 Å². The molecule has 0 aliphatic carbocycles. The number of nitrogens with zero attached hydrogens (tertiary/aromatic N) is 5. The number of benzene rings is 3. The molecule has 1 amide bonds. The first-order valence-corrected chi connectivity index (χ1v) is 10.6. The fourth-order valence-corrected chi connectivity index (χ4v) is 3.31. The van der Waals surface area contributed by atoms with Gasteiger partial charge in [-0.2, -0.15) is 5.10 Å². The Labute approximate surface area is 196 Å². The molecule has 1 aliphatic heterocycles. The van der Waals surface area contributed by atoms with E-state index in [4.69, 9.17) is 12.2 Å². The summed E-state index contributed by atoms with van der Waals surface area (Å²) in [5.41, 5.74) is 5.68. The van der Waals surface area contributed by atoms with Crippen molar-refractivity contribution in [1.82, 2.24) is 4.90 Å². The molecule has 33 heavy (non-hydrogen) atoms. The lowest BCUT2D eigenvalue weighted by molar-refractivity contribution is -0.120. The Balaban J connectivity index is 1.55. The molecule has 0 bridgehead atoms. The number of amidine groups is 2. The van der Waals surface area contributed by atoms with Gasteiger partial charge in [-0.05, 0) is 42.9 Å². The van der Waals surface area contributed by atoms with Gasteiger partial charge < -0.3 is 0 Å². The summed E-state index contributed by atoms with van der Waals surface area (Å²) in [6.07, 6.45) is 1.71. The third-order valence-electron chi connectivity index (χ3n) is 4.65. The number of carbonyl (C=O) groups is 1. The summed E-state index contributed by atoms with van der Waals surface area (Å²) in [4.78, 5) is 18.5. The van der Waals surface area contributed by atoms with E-state index in [1.165, 1.54) is 4.90 Å². The molecule has 0 unspecified atom stereocenters. The zero-order valence-electron chi connectivity index (χ0n) is 17.8. The number of anilines is 1. The highest BCUT2D eigenvalue weighted by atomic mass is 32.1. The van der Waals surface area contributed by atoms with Crippen LogP contribution in [0.1, 0.15) is 18.1 Å². The number of rotatable bonds is 4. The van der Waals surface area contributed by atoms with Crippen molar-refractivity contribution in [3.05, 3.63) is 108 Å². The van der Waals surface area contributed by atoms with Crippen LogP contribution in [0.2, 0.25) is 0 Å². The van der Waals surface area contributed by atoms with E-state index >= 15 is 0 Å². The number of carbonyl (C=O) groups excluding carboxylic acids is 1. The minimum Gasteiger partial charge on any atom is -0.276 e. The van der Waals surface area contributed by atoms with Crippen LogP contribution in [0.25, 0.3) is 6.08 Å². The lowest BCUT2D eigenvalue weighted by Crippen LogP contribution is -2.34. The van der Waals surface area contributed by atoms with E-state index in [9.17, 15) is 4.79 Å². The number of azo groups is 1. The summed E-state index contributed by atoms with van der Waals surface area (Å²) in [6.45, 7) is 1.70.